The van der Waals surface area contributed by atoms with Crippen LogP contribution < -0.4 is 0 Å². The van der Waals surface area contributed by atoms with Gasteiger partial charge >= 0.3 is 0 Å². The third-order valence-electron chi connectivity index (χ3n) is 7.89. The smallest absolute Gasteiger partial charge is 0.118 e. The van der Waals surface area contributed by atoms with Gasteiger partial charge in [-0.2, -0.15) is 0 Å². The second kappa shape index (κ2) is 5.66. The Kier molecular flexibility index (Phi) is 3.17. The number of hydrogen-bond acceptors (Lipinski definition) is 6. The third kappa shape index (κ3) is 1.98. The molecule has 2 saturated heterocycles. The van der Waals surface area contributed by atoms with E-state index in [2.05, 4.69) is 12.1 Å². The summed E-state index contributed by atoms with van der Waals surface area (Å²) in [4.78, 5) is 0. The lowest BCUT2D eigenvalue weighted by Crippen LogP contribution is -2.29. The van der Waals surface area contributed by atoms with E-state index in [4.69, 9.17) is 9.47 Å². The zero-order valence-corrected chi connectivity index (χ0v) is 16.8. The molecule has 6 heteroatoms. The molecule has 160 valence electrons. The topological polar surface area (TPSA) is 106 Å². The molecule has 6 nitrogen and oxygen atoms in total. The summed E-state index contributed by atoms with van der Waals surface area (Å²) < 4.78 is 11.6. The fourth-order valence-electron chi connectivity index (χ4n) is 6.31. The van der Waals surface area contributed by atoms with Gasteiger partial charge in [-0.05, 0) is 54.6 Å². The summed E-state index contributed by atoms with van der Waals surface area (Å²) in [7, 11) is 0. The Morgan fingerprint density at radius 2 is 0.938 bits per heavy atom. The molecule has 2 aliphatic heterocycles. The molecule has 0 spiro atoms. The van der Waals surface area contributed by atoms with Crippen LogP contribution >= 0.6 is 0 Å². The fraction of sp³-hybridized carbons (Fsp3) is 0.308. The molecule has 0 bridgehead atoms. The van der Waals surface area contributed by atoms with Crippen molar-refractivity contribution in [3.63, 3.8) is 0 Å². The highest BCUT2D eigenvalue weighted by Crippen LogP contribution is 2.57. The summed E-state index contributed by atoms with van der Waals surface area (Å²) in [5.74, 6) is 0. The van der Waals surface area contributed by atoms with Gasteiger partial charge in [0.2, 0.25) is 0 Å². The van der Waals surface area contributed by atoms with E-state index in [1.807, 2.05) is 36.4 Å². The summed E-state index contributed by atoms with van der Waals surface area (Å²) in [6, 6.07) is 15.9. The Morgan fingerprint density at radius 3 is 1.38 bits per heavy atom. The number of rotatable bonds is 0. The Morgan fingerprint density at radius 1 is 0.531 bits per heavy atom. The summed E-state index contributed by atoms with van der Waals surface area (Å²) in [6.45, 7) is 0. The highest BCUT2D eigenvalue weighted by Gasteiger charge is 2.56. The number of hydrogen-bond donors (Lipinski definition) is 4. The number of epoxide rings is 2. The van der Waals surface area contributed by atoms with Crippen LogP contribution in [-0.2, 0) is 9.47 Å². The molecule has 2 heterocycles. The SMILES string of the molecule is O[C@@H]1[C@@H]2O[C@@H]2c2c(ccc3c4ccc5c(c4c4ccccc4c23)[C@@H]2O[C@@H]2[C@H](O)[C@H]5O)[C@H]1O. The van der Waals surface area contributed by atoms with Gasteiger partial charge in [0.05, 0.1) is 0 Å². The first-order valence-corrected chi connectivity index (χ1v) is 11.0. The molecule has 8 rings (SSSR count). The minimum atomic E-state index is -0.978. The molecule has 4 aliphatic rings. The van der Waals surface area contributed by atoms with Crippen molar-refractivity contribution in [2.24, 2.45) is 0 Å². The number of aliphatic hydroxyl groups excluding tert-OH is 4. The van der Waals surface area contributed by atoms with Crippen LogP contribution in [0.2, 0.25) is 0 Å². The van der Waals surface area contributed by atoms with Gasteiger partial charge in [-0.1, -0.05) is 48.5 Å². The van der Waals surface area contributed by atoms with Crippen molar-refractivity contribution in [2.75, 3.05) is 0 Å². The molecular weight excluding hydrogens is 408 g/mol. The lowest BCUT2D eigenvalue weighted by Gasteiger charge is -2.27. The van der Waals surface area contributed by atoms with Crippen molar-refractivity contribution in [3.8, 4) is 0 Å². The van der Waals surface area contributed by atoms with Crippen molar-refractivity contribution in [1.82, 2.24) is 0 Å². The largest absolute Gasteiger partial charge is 0.387 e. The first-order chi connectivity index (χ1) is 15.6. The lowest BCUT2D eigenvalue weighted by molar-refractivity contribution is 0.0000936. The molecule has 0 unspecified atom stereocenters. The van der Waals surface area contributed by atoms with Crippen LogP contribution in [-0.4, -0.2) is 44.8 Å². The minimum Gasteiger partial charge on any atom is -0.387 e. The van der Waals surface area contributed by atoms with Gasteiger partial charge < -0.3 is 29.9 Å². The molecule has 0 aromatic heterocycles. The molecule has 4 aromatic carbocycles. The van der Waals surface area contributed by atoms with E-state index in [-0.39, 0.29) is 24.4 Å². The van der Waals surface area contributed by atoms with Crippen molar-refractivity contribution in [2.45, 2.75) is 48.8 Å². The van der Waals surface area contributed by atoms with Crippen LogP contribution in [0.5, 0.6) is 0 Å². The molecule has 32 heavy (non-hydrogen) atoms. The van der Waals surface area contributed by atoms with Gasteiger partial charge in [-0.3, -0.25) is 0 Å². The van der Waals surface area contributed by atoms with Crippen LogP contribution in [0.15, 0.2) is 48.5 Å². The monoisotopic (exact) mass is 428 g/mol. The Hall–Kier alpha value is -2.58. The van der Waals surface area contributed by atoms with Crippen molar-refractivity contribution in [1.29, 1.82) is 0 Å². The average molecular weight is 428 g/mol. The first-order valence-electron chi connectivity index (χ1n) is 11.0. The zero-order chi connectivity index (χ0) is 21.5. The molecule has 4 N–H and O–H groups in total. The minimum absolute atomic E-state index is 0.223. The Labute approximate surface area is 182 Å². The third-order valence-corrected chi connectivity index (χ3v) is 7.89. The number of benzene rings is 4. The standard InChI is InChI=1S/C26H20O6/c27-19-13-7-5-11-12-6-8-14-18(24-26(32-24)22(30)20(14)28)16(12)10-4-2-1-3-9(10)15(11)17(13)23-25(31-23)21(19)29/h1-8,19-30H/t19-,20+,21+,22-,23-,24+,25+,26-. The summed E-state index contributed by atoms with van der Waals surface area (Å²) in [6.07, 6.45) is -4.99. The maximum atomic E-state index is 10.7. The summed E-state index contributed by atoms with van der Waals surface area (Å²) in [5, 5.41) is 48.4. The summed E-state index contributed by atoms with van der Waals surface area (Å²) in [5.41, 5.74) is 3.35. The predicted octanol–water partition coefficient (Wildman–Crippen LogP) is 2.84. The fourth-order valence-corrected chi connectivity index (χ4v) is 6.31. The highest BCUT2D eigenvalue weighted by molar-refractivity contribution is 6.27. The van der Waals surface area contributed by atoms with Gasteiger partial charge in [0, 0.05) is 0 Å². The second-order valence-corrected chi connectivity index (χ2v) is 9.44. The van der Waals surface area contributed by atoms with Crippen molar-refractivity contribution < 1.29 is 29.9 Å². The van der Waals surface area contributed by atoms with Crippen LogP contribution in [0, 0.1) is 0 Å². The van der Waals surface area contributed by atoms with Gasteiger partial charge in [-0.25, -0.2) is 0 Å². The van der Waals surface area contributed by atoms with Crippen LogP contribution in [0.1, 0.15) is 46.7 Å². The van der Waals surface area contributed by atoms with E-state index in [9.17, 15) is 20.4 Å². The van der Waals surface area contributed by atoms with Gasteiger partial charge in [0.15, 0.2) is 0 Å². The molecule has 4 aromatic rings. The number of ether oxygens (including phenoxy) is 2. The van der Waals surface area contributed by atoms with E-state index in [1.165, 1.54) is 0 Å². The van der Waals surface area contributed by atoms with Gasteiger partial charge in [-0.15, -0.1) is 0 Å². The predicted molar refractivity (Wildman–Crippen MR) is 116 cm³/mol. The van der Waals surface area contributed by atoms with E-state index >= 15 is 0 Å². The molecular formula is C26H20O6. The molecule has 2 fully saturated rings. The highest BCUT2D eigenvalue weighted by atomic mass is 16.6. The number of aliphatic hydroxyl groups is 4. The first kappa shape index (κ1) is 17.9. The van der Waals surface area contributed by atoms with E-state index in [0.717, 1.165) is 54.6 Å². The quantitative estimate of drug-likeness (QED) is 0.254. The average Bonchev–Trinajstić information content (AvgIpc) is 3.73. The van der Waals surface area contributed by atoms with Gasteiger partial charge in [0.1, 0.15) is 48.8 Å². The van der Waals surface area contributed by atoms with Crippen LogP contribution in [0.3, 0.4) is 0 Å². The Bertz CT molecular complexity index is 1360. The maximum absolute atomic E-state index is 10.7. The number of fused-ring (bicyclic) bond motifs is 14. The molecule has 0 radical (unpaired) electrons. The van der Waals surface area contributed by atoms with Gasteiger partial charge in [0.25, 0.3) is 0 Å². The lowest BCUT2D eigenvalue weighted by atomic mass is 9.78. The molecule has 2 aliphatic carbocycles. The van der Waals surface area contributed by atoms with E-state index < -0.39 is 24.4 Å². The molecule has 8 atom stereocenters. The molecule has 0 saturated carbocycles. The Balaban J connectivity index is 1.56. The van der Waals surface area contributed by atoms with Crippen LogP contribution in [0.25, 0.3) is 32.3 Å². The van der Waals surface area contributed by atoms with E-state index in [0.29, 0.717) is 0 Å². The second-order valence-electron chi connectivity index (χ2n) is 9.44. The van der Waals surface area contributed by atoms with E-state index in [1.54, 1.807) is 0 Å². The normalized spacial score (nSPS) is 36.5. The zero-order valence-electron chi connectivity index (χ0n) is 16.8. The van der Waals surface area contributed by atoms with Crippen molar-refractivity contribution in [3.05, 3.63) is 70.8 Å². The molecule has 0 amide bonds. The summed E-state index contributed by atoms with van der Waals surface area (Å²) >= 11 is 0. The van der Waals surface area contributed by atoms with Crippen LogP contribution in [0.4, 0.5) is 0 Å². The maximum Gasteiger partial charge on any atom is 0.118 e. The van der Waals surface area contributed by atoms with Crippen molar-refractivity contribution >= 4 is 32.3 Å².